The van der Waals surface area contributed by atoms with Crippen LogP contribution in [0.25, 0.3) is 21.5 Å². The van der Waals surface area contributed by atoms with Crippen molar-refractivity contribution in [1.82, 2.24) is 5.32 Å². The van der Waals surface area contributed by atoms with E-state index in [0.717, 1.165) is 43.3 Å². The maximum absolute atomic E-state index is 13.2. The van der Waals surface area contributed by atoms with Crippen molar-refractivity contribution in [2.24, 2.45) is 0 Å². The second-order valence-electron chi connectivity index (χ2n) is 7.09. The predicted octanol–water partition coefficient (Wildman–Crippen LogP) is 6.26. The third-order valence-electron chi connectivity index (χ3n) is 5.32. The monoisotopic (exact) mass is 429 g/mol. The van der Waals surface area contributed by atoms with E-state index in [4.69, 9.17) is 11.6 Å². The van der Waals surface area contributed by atoms with Crippen LogP contribution in [0.2, 0.25) is 5.02 Å². The van der Waals surface area contributed by atoms with Crippen LogP contribution in [0, 0.1) is 0 Å². The molecular formula is C21H20Cl2F3NO. The van der Waals surface area contributed by atoms with Crippen molar-refractivity contribution in [2.45, 2.75) is 37.6 Å². The summed E-state index contributed by atoms with van der Waals surface area (Å²) in [7, 11) is 0. The first-order valence-corrected chi connectivity index (χ1v) is 9.37. The first kappa shape index (κ1) is 21.2. The normalized spacial score (nSPS) is 18.8. The van der Waals surface area contributed by atoms with Gasteiger partial charge in [0.15, 0.2) is 0 Å². The molecule has 0 amide bonds. The molecule has 0 radical (unpaired) electrons. The van der Waals surface area contributed by atoms with Crippen LogP contribution < -0.4 is 5.32 Å². The van der Waals surface area contributed by atoms with E-state index in [1.165, 1.54) is 6.07 Å². The fourth-order valence-electron chi connectivity index (χ4n) is 3.95. The lowest BCUT2D eigenvalue weighted by Crippen LogP contribution is -2.38. The topological polar surface area (TPSA) is 32.3 Å². The van der Waals surface area contributed by atoms with E-state index in [9.17, 15) is 18.3 Å². The smallest absolute Gasteiger partial charge is 0.387 e. The first-order valence-electron chi connectivity index (χ1n) is 8.99. The number of alkyl halides is 3. The Balaban J connectivity index is 0.00000225. The molecule has 0 bridgehead atoms. The molecule has 0 saturated carbocycles. The molecule has 3 aromatic carbocycles. The van der Waals surface area contributed by atoms with E-state index in [2.05, 4.69) is 5.32 Å². The average Bonchev–Trinajstić information content (AvgIpc) is 2.66. The number of nitrogens with one attached hydrogen (secondary N) is 1. The van der Waals surface area contributed by atoms with Crippen LogP contribution in [-0.2, 0) is 6.18 Å². The second-order valence-corrected chi connectivity index (χ2v) is 7.53. The molecule has 0 aromatic heterocycles. The van der Waals surface area contributed by atoms with Gasteiger partial charge < -0.3 is 10.4 Å². The van der Waals surface area contributed by atoms with Gasteiger partial charge in [-0.3, -0.25) is 0 Å². The minimum Gasteiger partial charge on any atom is -0.387 e. The van der Waals surface area contributed by atoms with Crippen molar-refractivity contribution in [2.75, 3.05) is 6.54 Å². The van der Waals surface area contributed by atoms with Gasteiger partial charge in [0.1, 0.15) is 0 Å². The Labute approximate surface area is 172 Å². The highest BCUT2D eigenvalue weighted by Crippen LogP contribution is 2.38. The van der Waals surface area contributed by atoms with Crippen LogP contribution in [-0.4, -0.2) is 17.7 Å². The maximum atomic E-state index is 13.2. The number of hydrogen-bond donors (Lipinski definition) is 2. The van der Waals surface area contributed by atoms with Gasteiger partial charge in [0, 0.05) is 11.1 Å². The van der Waals surface area contributed by atoms with Crippen LogP contribution in [0.1, 0.15) is 36.5 Å². The minimum atomic E-state index is -4.42. The largest absolute Gasteiger partial charge is 0.416 e. The van der Waals surface area contributed by atoms with E-state index in [1.807, 2.05) is 6.07 Å². The highest BCUT2D eigenvalue weighted by Gasteiger charge is 2.31. The zero-order chi connectivity index (χ0) is 19.2. The van der Waals surface area contributed by atoms with Gasteiger partial charge in [0.2, 0.25) is 0 Å². The lowest BCUT2D eigenvalue weighted by Gasteiger charge is -2.29. The molecule has 1 fully saturated rings. The van der Waals surface area contributed by atoms with Crippen LogP contribution in [0.5, 0.6) is 0 Å². The summed E-state index contributed by atoms with van der Waals surface area (Å²) >= 11 is 6.10. The van der Waals surface area contributed by atoms with E-state index in [1.54, 1.807) is 18.2 Å². The number of rotatable bonds is 2. The molecule has 7 heteroatoms. The number of benzene rings is 3. The predicted molar refractivity (Wildman–Crippen MR) is 109 cm³/mol. The van der Waals surface area contributed by atoms with Crippen molar-refractivity contribution in [3.8, 4) is 0 Å². The van der Waals surface area contributed by atoms with Gasteiger partial charge in [-0.2, -0.15) is 13.2 Å². The quantitative estimate of drug-likeness (QED) is 0.471. The molecule has 150 valence electrons. The highest BCUT2D eigenvalue weighted by molar-refractivity contribution is 6.31. The zero-order valence-electron chi connectivity index (χ0n) is 14.9. The van der Waals surface area contributed by atoms with Crippen LogP contribution in [0.4, 0.5) is 13.2 Å². The Bertz CT molecular complexity index is 1000. The Morgan fingerprint density at radius 2 is 1.75 bits per heavy atom. The van der Waals surface area contributed by atoms with Gasteiger partial charge in [0.05, 0.1) is 11.7 Å². The van der Waals surface area contributed by atoms with E-state index in [0.29, 0.717) is 26.7 Å². The van der Waals surface area contributed by atoms with E-state index < -0.39 is 17.8 Å². The molecule has 2 nitrogen and oxygen atoms in total. The summed E-state index contributed by atoms with van der Waals surface area (Å²) in [6.07, 6.45) is -2.31. The number of fused-ring (bicyclic) bond motifs is 3. The summed E-state index contributed by atoms with van der Waals surface area (Å²) in [4.78, 5) is 0. The Morgan fingerprint density at radius 1 is 1.00 bits per heavy atom. The second kappa shape index (κ2) is 8.07. The zero-order valence-corrected chi connectivity index (χ0v) is 16.5. The summed E-state index contributed by atoms with van der Waals surface area (Å²) in [6.45, 7) is 0.831. The van der Waals surface area contributed by atoms with Crippen molar-refractivity contribution >= 4 is 45.6 Å². The van der Waals surface area contributed by atoms with Gasteiger partial charge in [-0.15, -0.1) is 12.4 Å². The molecule has 28 heavy (non-hydrogen) atoms. The number of hydrogen-bond acceptors (Lipinski definition) is 2. The fraction of sp³-hybridized carbons (Fsp3) is 0.333. The van der Waals surface area contributed by atoms with Gasteiger partial charge in [0.25, 0.3) is 0 Å². The van der Waals surface area contributed by atoms with Crippen molar-refractivity contribution in [3.63, 3.8) is 0 Å². The molecule has 2 atom stereocenters. The summed E-state index contributed by atoms with van der Waals surface area (Å²) in [5.41, 5.74) is -0.0680. The van der Waals surface area contributed by atoms with Crippen molar-refractivity contribution in [1.29, 1.82) is 0 Å². The van der Waals surface area contributed by atoms with Crippen molar-refractivity contribution in [3.05, 3.63) is 58.6 Å². The van der Waals surface area contributed by atoms with Crippen LogP contribution in [0.3, 0.4) is 0 Å². The third-order valence-corrected chi connectivity index (χ3v) is 5.56. The molecule has 1 aliphatic rings. The molecular weight excluding hydrogens is 410 g/mol. The summed E-state index contributed by atoms with van der Waals surface area (Å²) in [5.74, 6) is 0. The van der Waals surface area contributed by atoms with Gasteiger partial charge in [-0.25, -0.2) is 0 Å². The molecule has 1 saturated heterocycles. The summed E-state index contributed by atoms with van der Waals surface area (Å²) in [5, 5.41) is 17.3. The number of halogens is 5. The van der Waals surface area contributed by atoms with Crippen LogP contribution >= 0.6 is 24.0 Å². The Morgan fingerprint density at radius 3 is 2.43 bits per heavy atom. The van der Waals surface area contributed by atoms with Crippen molar-refractivity contribution < 1.29 is 18.3 Å². The molecule has 2 N–H and O–H groups in total. The first-order chi connectivity index (χ1) is 12.8. The lowest BCUT2D eigenvalue weighted by molar-refractivity contribution is -0.137. The van der Waals surface area contributed by atoms with Gasteiger partial charge >= 0.3 is 6.18 Å². The Hall–Kier alpha value is -1.53. The van der Waals surface area contributed by atoms with Gasteiger partial charge in [-0.1, -0.05) is 30.2 Å². The lowest BCUT2D eigenvalue weighted by atomic mass is 9.88. The summed E-state index contributed by atoms with van der Waals surface area (Å²) < 4.78 is 39.7. The molecule has 3 aromatic rings. The van der Waals surface area contributed by atoms with Crippen LogP contribution in [0.15, 0.2) is 42.5 Å². The number of aliphatic hydroxyl groups excluding tert-OH is 1. The SMILES string of the molecule is Cl.OC(c1cc2cc(Cl)ccc2c2cc(C(F)(F)F)ccc12)C1CCCCN1. The molecule has 1 heterocycles. The standard InChI is InChI=1S/C21H19ClF3NO.ClH/c22-14-5-7-15-12(9-14)10-18(20(27)19-3-1-2-8-26-19)16-6-4-13(11-17(15)16)21(23,24)25;/h4-7,9-11,19-20,26-27H,1-3,8H2;1H. The molecule has 0 spiro atoms. The van der Waals surface area contributed by atoms with E-state index in [-0.39, 0.29) is 18.4 Å². The summed E-state index contributed by atoms with van der Waals surface area (Å²) in [6, 6.07) is 10.6. The molecule has 0 aliphatic carbocycles. The maximum Gasteiger partial charge on any atom is 0.416 e. The molecule has 1 aliphatic heterocycles. The van der Waals surface area contributed by atoms with E-state index >= 15 is 0 Å². The molecule has 4 rings (SSSR count). The van der Waals surface area contributed by atoms with Gasteiger partial charge in [-0.05, 0) is 76.8 Å². The minimum absolute atomic E-state index is 0. The third kappa shape index (κ3) is 3.94. The molecule has 2 unspecified atom stereocenters. The average molecular weight is 430 g/mol. The number of piperidine rings is 1. The number of aliphatic hydroxyl groups is 1. The highest BCUT2D eigenvalue weighted by atomic mass is 35.5. The Kier molecular flexibility index (Phi) is 6.11. The fourth-order valence-corrected chi connectivity index (χ4v) is 4.13.